The first kappa shape index (κ1) is 19.6. The first-order chi connectivity index (χ1) is 12.7. The second kappa shape index (κ2) is 10.3. The van der Waals surface area contributed by atoms with Crippen molar-refractivity contribution in [2.24, 2.45) is 0 Å². The van der Waals surface area contributed by atoms with E-state index in [4.69, 9.17) is 14.2 Å². The molecule has 2 aromatic rings. The molecule has 0 spiro atoms. The molecule has 26 heavy (non-hydrogen) atoms. The van der Waals surface area contributed by atoms with Crippen LogP contribution in [-0.4, -0.2) is 25.7 Å². The predicted molar refractivity (Wildman–Crippen MR) is 103 cm³/mol. The fraction of sp³-hybridized carbons (Fsp3) is 0.381. The van der Waals surface area contributed by atoms with Crippen molar-refractivity contribution in [3.8, 4) is 17.2 Å². The molecule has 0 radical (unpaired) electrons. The minimum Gasteiger partial charge on any atom is -0.494 e. The second-order valence-electron chi connectivity index (χ2n) is 5.66. The van der Waals surface area contributed by atoms with Gasteiger partial charge in [0.15, 0.2) is 11.5 Å². The molecule has 0 aliphatic heterocycles. The van der Waals surface area contributed by atoms with Gasteiger partial charge < -0.3 is 19.5 Å². The molecule has 0 saturated heterocycles. The number of hydrogen-bond acceptors (Lipinski definition) is 4. The van der Waals surface area contributed by atoms with Gasteiger partial charge in [-0.05, 0) is 57.0 Å². The van der Waals surface area contributed by atoms with Crippen molar-refractivity contribution < 1.29 is 19.0 Å². The predicted octanol–water partition coefficient (Wildman–Crippen LogP) is 4.45. The van der Waals surface area contributed by atoms with Crippen LogP contribution in [0.2, 0.25) is 0 Å². The van der Waals surface area contributed by atoms with Crippen molar-refractivity contribution in [2.45, 2.75) is 33.6 Å². The van der Waals surface area contributed by atoms with Gasteiger partial charge in [-0.25, -0.2) is 0 Å². The van der Waals surface area contributed by atoms with Crippen molar-refractivity contribution in [3.05, 3.63) is 48.0 Å². The molecule has 2 aromatic carbocycles. The quantitative estimate of drug-likeness (QED) is 0.682. The average molecular weight is 357 g/mol. The number of nitrogens with one attached hydrogen (secondary N) is 1. The highest BCUT2D eigenvalue weighted by molar-refractivity contribution is 5.91. The zero-order valence-electron chi connectivity index (χ0n) is 15.7. The van der Waals surface area contributed by atoms with Gasteiger partial charge in [0.1, 0.15) is 5.75 Å². The Morgan fingerprint density at radius 1 is 0.885 bits per heavy atom. The molecule has 2 rings (SSSR count). The maximum atomic E-state index is 12.2. The van der Waals surface area contributed by atoms with E-state index < -0.39 is 0 Å². The van der Waals surface area contributed by atoms with Crippen LogP contribution >= 0.6 is 0 Å². The molecular formula is C21H27NO4. The highest BCUT2D eigenvalue weighted by Gasteiger charge is 2.09. The third kappa shape index (κ3) is 5.99. The van der Waals surface area contributed by atoms with E-state index in [-0.39, 0.29) is 5.91 Å². The van der Waals surface area contributed by atoms with Crippen molar-refractivity contribution in [1.82, 2.24) is 0 Å². The fourth-order valence-corrected chi connectivity index (χ4v) is 2.56. The first-order valence-corrected chi connectivity index (χ1v) is 9.07. The van der Waals surface area contributed by atoms with E-state index >= 15 is 0 Å². The Hall–Kier alpha value is -2.69. The maximum Gasteiger partial charge on any atom is 0.224 e. The zero-order chi connectivity index (χ0) is 18.8. The lowest BCUT2D eigenvalue weighted by Crippen LogP contribution is -2.12. The summed E-state index contributed by atoms with van der Waals surface area (Å²) in [6.07, 6.45) is 1.02. The van der Waals surface area contributed by atoms with Crippen LogP contribution in [0.1, 0.15) is 32.8 Å². The van der Waals surface area contributed by atoms with E-state index in [1.807, 2.05) is 63.2 Å². The summed E-state index contributed by atoms with van der Waals surface area (Å²) < 4.78 is 16.6. The summed E-state index contributed by atoms with van der Waals surface area (Å²) in [4.78, 5) is 12.2. The van der Waals surface area contributed by atoms with E-state index in [1.165, 1.54) is 0 Å². The molecule has 0 atom stereocenters. The Morgan fingerprint density at radius 2 is 1.62 bits per heavy atom. The summed E-state index contributed by atoms with van der Waals surface area (Å²) in [5.41, 5.74) is 1.78. The van der Waals surface area contributed by atoms with Gasteiger partial charge in [-0.15, -0.1) is 0 Å². The molecule has 0 aliphatic carbocycles. The summed E-state index contributed by atoms with van der Waals surface area (Å²) in [6.45, 7) is 7.56. The molecule has 5 heteroatoms. The number of ether oxygens (including phenoxy) is 3. The van der Waals surface area contributed by atoms with Crippen LogP contribution in [0.4, 0.5) is 5.69 Å². The number of aryl methyl sites for hydroxylation is 1. The summed E-state index contributed by atoms with van der Waals surface area (Å²) in [6, 6.07) is 13.2. The second-order valence-corrected chi connectivity index (χ2v) is 5.66. The first-order valence-electron chi connectivity index (χ1n) is 9.07. The maximum absolute atomic E-state index is 12.2. The van der Waals surface area contributed by atoms with Gasteiger partial charge in [0.2, 0.25) is 5.91 Å². The SMILES string of the molecule is CCOc1cccc(NC(=O)CCc2ccc(OCC)c(OCC)c2)c1. The Kier molecular flexibility index (Phi) is 7.80. The highest BCUT2D eigenvalue weighted by atomic mass is 16.5. The van der Waals surface area contributed by atoms with Gasteiger partial charge in [-0.2, -0.15) is 0 Å². The van der Waals surface area contributed by atoms with Crippen LogP contribution in [0, 0.1) is 0 Å². The molecule has 1 N–H and O–H groups in total. The van der Waals surface area contributed by atoms with E-state index in [0.717, 1.165) is 28.5 Å². The van der Waals surface area contributed by atoms with Crippen LogP contribution in [0.5, 0.6) is 17.2 Å². The monoisotopic (exact) mass is 357 g/mol. The normalized spacial score (nSPS) is 10.3. The fourth-order valence-electron chi connectivity index (χ4n) is 2.56. The average Bonchev–Trinajstić information content (AvgIpc) is 2.63. The number of anilines is 1. The topological polar surface area (TPSA) is 56.8 Å². The minimum absolute atomic E-state index is 0.0366. The zero-order valence-corrected chi connectivity index (χ0v) is 15.7. The van der Waals surface area contributed by atoms with Crippen LogP contribution in [0.15, 0.2) is 42.5 Å². The van der Waals surface area contributed by atoms with Crippen LogP contribution in [0.3, 0.4) is 0 Å². The lowest BCUT2D eigenvalue weighted by Gasteiger charge is -2.12. The molecule has 0 saturated carbocycles. The Balaban J connectivity index is 1.94. The van der Waals surface area contributed by atoms with E-state index in [0.29, 0.717) is 32.7 Å². The molecule has 0 fully saturated rings. The van der Waals surface area contributed by atoms with Crippen LogP contribution in [0.25, 0.3) is 0 Å². The molecule has 0 heterocycles. The molecule has 0 bridgehead atoms. The number of carbonyl (C=O) groups is 1. The molecule has 140 valence electrons. The number of amides is 1. The van der Waals surface area contributed by atoms with Gasteiger partial charge in [-0.1, -0.05) is 12.1 Å². The summed E-state index contributed by atoms with van der Waals surface area (Å²) in [7, 11) is 0. The molecule has 0 aromatic heterocycles. The minimum atomic E-state index is -0.0366. The number of carbonyl (C=O) groups excluding carboxylic acids is 1. The summed E-state index contributed by atoms with van der Waals surface area (Å²) >= 11 is 0. The van der Waals surface area contributed by atoms with E-state index in [2.05, 4.69) is 5.32 Å². The molecule has 0 aliphatic rings. The lowest BCUT2D eigenvalue weighted by molar-refractivity contribution is -0.116. The van der Waals surface area contributed by atoms with E-state index in [1.54, 1.807) is 0 Å². The Bertz CT molecular complexity index is 715. The summed E-state index contributed by atoms with van der Waals surface area (Å²) in [5.74, 6) is 2.16. The van der Waals surface area contributed by atoms with Gasteiger partial charge >= 0.3 is 0 Å². The lowest BCUT2D eigenvalue weighted by atomic mass is 10.1. The number of rotatable bonds is 10. The van der Waals surface area contributed by atoms with Crippen LogP contribution in [-0.2, 0) is 11.2 Å². The smallest absolute Gasteiger partial charge is 0.224 e. The standard InChI is InChI=1S/C21H27NO4/c1-4-24-18-9-7-8-17(15-18)22-21(23)13-11-16-10-12-19(25-5-2)20(14-16)26-6-3/h7-10,12,14-15H,4-6,11,13H2,1-3H3,(H,22,23). The largest absolute Gasteiger partial charge is 0.494 e. The van der Waals surface area contributed by atoms with Gasteiger partial charge in [-0.3, -0.25) is 4.79 Å². The van der Waals surface area contributed by atoms with Crippen molar-refractivity contribution in [2.75, 3.05) is 25.1 Å². The van der Waals surface area contributed by atoms with Gasteiger partial charge in [0.05, 0.1) is 19.8 Å². The number of hydrogen-bond donors (Lipinski definition) is 1. The van der Waals surface area contributed by atoms with E-state index in [9.17, 15) is 4.79 Å². The molecule has 0 unspecified atom stereocenters. The number of benzene rings is 2. The Labute approximate surface area is 155 Å². The molecular weight excluding hydrogens is 330 g/mol. The molecule has 1 amide bonds. The molecule has 5 nitrogen and oxygen atoms in total. The summed E-state index contributed by atoms with van der Waals surface area (Å²) in [5, 5.41) is 2.91. The van der Waals surface area contributed by atoms with Crippen LogP contribution < -0.4 is 19.5 Å². The third-order valence-corrected chi connectivity index (χ3v) is 3.68. The van der Waals surface area contributed by atoms with Gasteiger partial charge in [0, 0.05) is 18.2 Å². The highest BCUT2D eigenvalue weighted by Crippen LogP contribution is 2.29. The third-order valence-electron chi connectivity index (χ3n) is 3.68. The van der Waals surface area contributed by atoms with Crippen molar-refractivity contribution in [1.29, 1.82) is 0 Å². The van der Waals surface area contributed by atoms with Gasteiger partial charge in [0.25, 0.3) is 0 Å². The van der Waals surface area contributed by atoms with Crippen molar-refractivity contribution >= 4 is 11.6 Å². The Morgan fingerprint density at radius 3 is 2.35 bits per heavy atom. The van der Waals surface area contributed by atoms with Crippen molar-refractivity contribution in [3.63, 3.8) is 0 Å².